The number of rotatable bonds is 4. The van der Waals surface area contributed by atoms with Gasteiger partial charge in [-0.15, -0.1) is 9.81 Å². The van der Waals surface area contributed by atoms with Crippen LogP contribution in [0, 0.1) is 9.81 Å². The van der Waals surface area contributed by atoms with Crippen molar-refractivity contribution in [1.82, 2.24) is 20.9 Å². The molecule has 0 saturated carbocycles. The summed E-state index contributed by atoms with van der Waals surface area (Å²) in [5.41, 5.74) is 4.87. The van der Waals surface area contributed by atoms with Crippen LogP contribution < -0.4 is 11.0 Å². The molecule has 0 aliphatic rings. The molecule has 0 aromatic carbocycles. The van der Waals surface area contributed by atoms with Crippen molar-refractivity contribution in [2.24, 2.45) is 10.4 Å². The van der Waals surface area contributed by atoms with Gasteiger partial charge in [-0.3, -0.25) is 21.4 Å². The molecule has 0 spiro atoms. The SMILES string of the molecule is C/C(N=O)=C(\C)NO.C/C(N=O)=C(\C)NO.[Fe].[NH2-].c1c[nH]cn1. The van der Waals surface area contributed by atoms with E-state index >= 15 is 0 Å². The number of allylic oxidation sites excluding steroid dienone is 4. The van der Waals surface area contributed by atoms with Crippen molar-refractivity contribution in [3.63, 3.8) is 0 Å². The van der Waals surface area contributed by atoms with Gasteiger partial charge in [0.05, 0.1) is 17.7 Å². The largest absolute Gasteiger partial charge is 0.693 e. The molecule has 0 radical (unpaired) electrons. The maximum Gasteiger partial charge on any atom is 0.103 e. The van der Waals surface area contributed by atoms with Crippen molar-refractivity contribution >= 4 is 0 Å². The van der Waals surface area contributed by atoms with Gasteiger partial charge < -0.3 is 11.1 Å². The molecule has 11 nitrogen and oxygen atoms in total. The average molecular weight is 372 g/mol. The first-order valence-electron chi connectivity index (χ1n) is 5.69. The minimum atomic E-state index is 0. The Hall–Kier alpha value is -2.11. The van der Waals surface area contributed by atoms with Crippen LogP contribution >= 0.6 is 0 Å². The van der Waals surface area contributed by atoms with Crippen LogP contribution in [0.2, 0.25) is 0 Å². The normalized spacial score (nSPS) is 10.3. The molecule has 0 fully saturated rings. The summed E-state index contributed by atoms with van der Waals surface area (Å²) in [6, 6.07) is 0. The number of imidazole rings is 1. The summed E-state index contributed by atoms with van der Waals surface area (Å²) in [6.07, 6.45) is 5.08. The van der Waals surface area contributed by atoms with Crippen molar-refractivity contribution in [2.75, 3.05) is 0 Å². The number of hydroxylamine groups is 2. The number of nitroso groups, excluding NO2 is 2. The van der Waals surface area contributed by atoms with Crippen molar-refractivity contribution in [3.8, 4) is 0 Å². The Morgan fingerprint density at radius 3 is 1.48 bits per heavy atom. The van der Waals surface area contributed by atoms with Crippen LogP contribution in [0.5, 0.6) is 0 Å². The second kappa shape index (κ2) is 19.9. The van der Waals surface area contributed by atoms with Gasteiger partial charge in [0.1, 0.15) is 11.4 Å². The standard InChI is InChI=1S/2C4H8N2O2.C3H4N2.Fe.H2N/c2*1-3(5-7)4(2)6-8;1-2-5-3-4-1;;/h2*5,7H,1-2H3;1-3H,(H,4,5);;1H2/q;;;;-1/b2*4-3-;;;. The van der Waals surface area contributed by atoms with E-state index in [0.717, 1.165) is 0 Å². The molecule has 0 aliphatic carbocycles. The first kappa shape index (κ1) is 29.0. The smallest absolute Gasteiger partial charge is 0.103 e. The van der Waals surface area contributed by atoms with E-state index in [1.54, 1.807) is 43.5 Å². The zero-order chi connectivity index (χ0) is 16.7. The van der Waals surface area contributed by atoms with Gasteiger partial charge in [0.25, 0.3) is 0 Å². The van der Waals surface area contributed by atoms with Crippen LogP contribution in [0.25, 0.3) is 6.15 Å². The number of H-pyrrole nitrogens is 1. The van der Waals surface area contributed by atoms with Crippen molar-refractivity contribution in [2.45, 2.75) is 27.7 Å². The summed E-state index contributed by atoms with van der Waals surface area (Å²) >= 11 is 0. The third kappa shape index (κ3) is 17.8. The maximum absolute atomic E-state index is 9.65. The summed E-state index contributed by atoms with van der Waals surface area (Å²) < 4.78 is 0. The molecule has 23 heavy (non-hydrogen) atoms. The zero-order valence-corrected chi connectivity index (χ0v) is 14.3. The molecule has 0 saturated heterocycles. The minimum Gasteiger partial charge on any atom is -0.693 e. The van der Waals surface area contributed by atoms with Crippen LogP contribution in [0.1, 0.15) is 27.7 Å². The predicted octanol–water partition coefficient (Wildman–Crippen LogP) is 3.09. The Kier molecular flexibility index (Phi) is 25.1. The Bertz CT molecular complexity index is 416. The Balaban J connectivity index is -0.000000115. The van der Waals surface area contributed by atoms with E-state index < -0.39 is 0 Å². The van der Waals surface area contributed by atoms with E-state index in [4.69, 9.17) is 10.4 Å². The summed E-state index contributed by atoms with van der Waals surface area (Å²) in [5.74, 6) is 0. The molecule has 1 aromatic heterocycles. The second-order valence-electron chi connectivity index (χ2n) is 3.59. The number of nitrogens with one attached hydrogen (secondary N) is 3. The molecule has 0 aliphatic heterocycles. The summed E-state index contributed by atoms with van der Waals surface area (Å²) in [4.78, 5) is 25.7. The molecule has 0 unspecified atom stereocenters. The molecular weight excluding hydrogens is 350 g/mol. The van der Waals surface area contributed by atoms with E-state index in [1.165, 1.54) is 13.8 Å². The molecular formula is C11H22FeN7O4-. The fourth-order valence-corrected chi connectivity index (χ4v) is 0.514. The summed E-state index contributed by atoms with van der Waals surface area (Å²) in [5, 5.41) is 21.4. The summed E-state index contributed by atoms with van der Waals surface area (Å²) in [7, 11) is 0. The van der Waals surface area contributed by atoms with Gasteiger partial charge >= 0.3 is 0 Å². The van der Waals surface area contributed by atoms with Crippen LogP contribution in [-0.2, 0) is 17.1 Å². The molecule has 0 atom stereocenters. The third-order valence-corrected chi connectivity index (χ3v) is 2.10. The van der Waals surface area contributed by atoms with Crippen molar-refractivity contribution in [1.29, 1.82) is 0 Å². The van der Waals surface area contributed by atoms with Crippen LogP contribution in [0.3, 0.4) is 0 Å². The molecule has 1 heterocycles. The number of hydrogen-bond donors (Lipinski definition) is 5. The molecule has 134 valence electrons. The van der Waals surface area contributed by atoms with Gasteiger partial charge in [0, 0.05) is 29.5 Å². The van der Waals surface area contributed by atoms with Crippen LogP contribution in [0.4, 0.5) is 0 Å². The van der Waals surface area contributed by atoms with Gasteiger partial charge in [-0.25, -0.2) is 4.98 Å². The van der Waals surface area contributed by atoms with E-state index in [2.05, 4.69) is 20.3 Å². The minimum absolute atomic E-state index is 0. The topological polar surface area (TPSA) is 186 Å². The van der Waals surface area contributed by atoms with Gasteiger partial charge in [-0.05, 0) is 38.0 Å². The number of aromatic nitrogens is 2. The Labute approximate surface area is 144 Å². The first-order chi connectivity index (χ1) is 9.94. The van der Waals surface area contributed by atoms with E-state index in [1.807, 2.05) is 0 Å². The van der Waals surface area contributed by atoms with E-state index in [0.29, 0.717) is 11.4 Å². The fraction of sp³-hybridized carbons (Fsp3) is 0.364. The number of nitrogens with zero attached hydrogens (tertiary/aromatic N) is 3. The van der Waals surface area contributed by atoms with E-state index in [9.17, 15) is 9.81 Å². The van der Waals surface area contributed by atoms with Gasteiger partial charge in [-0.2, -0.15) is 0 Å². The molecule has 12 heteroatoms. The van der Waals surface area contributed by atoms with E-state index in [-0.39, 0.29) is 34.6 Å². The maximum atomic E-state index is 9.65. The monoisotopic (exact) mass is 372 g/mol. The Morgan fingerprint density at radius 1 is 1.00 bits per heavy atom. The average Bonchev–Trinajstić information content (AvgIpc) is 3.11. The second-order valence-corrected chi connectivity index (χ2v) is 3.59. The quantitative estimate of drug-likeness (QED) is 0.305. The number of hydrogen-bond acceptors (Lipinski definition) is 9. The van der Waals surface area contributed by atoms with Crippen molar-refractivity contribution < 1.29 is 27.5 Å². The van der Waals surface area contributed by atoms with Crippen LogP contribution in [0.15, 0.2) is 51.9 Å². The van der Waals surface area contributed by atoms with Gasteiger partial charge in [-0.1, -0.05) is 0 Å². The van der Waals surface area contributed by atoms with Crippen LogP contribution in [-0.4, -0.2) is 20.4 Å². The fourth-order valence-electron chi connectivity index (χ4n) is 0.514. The number of nitrogens with two attached hydrogens (primary N) is 1. The zero-order valence-electron chi connectivity index (χ0n) is 13.2. The molecule has 1 rings (SSSR count). The molecule has 0 amide bonds. The predicted molar refractivity (Wildman–Crippen MR) is 82.1 cm³/mol. The first-order valence-corrected chi connectivity index (χ1v) is 5.69. The molecule has 1 aromatic rings. The molecule has 7 N–H and O–H groups in total. The third-order valence-electron chi connectivity index (χ3n) is 2.10. The molecule has 0 bridgehead atoms. The summed E-state index contributed by atoms with van der Waals surface area (Å²) in [6.45, 7) is 6.12. The van der Waals surface area contributed by atoms with Crippen molar-refractivity contribution in [3.05, 3.63) is 57.5 Å². The van der Waals surface area contributed by atoms with Gasteiger partial charge in [0.2, 0.25) is 0 Å². The van der Waals surface area contributed by atoms with Gasteiger partial charge in [0.15, 0.2) is 0 Å². The number of aromatic amines is 1. The Morgan fingerprint density at radius 2 is 1.39 bits per heavy atom.